The number of anilines is 1. The minimum atomic E-state index is -0.490. The van der Waals surface area contributed by atoms with Crippen molar-refractivity contribution < 1.29 is 13.9 Å². The SMILES string of the molecule is N#Cc1cc(F)ccc1NC(=O)N1CC[C@@H](CN2CCOCC2)C1. The summed E-state index contributed by atoms with van der Waals surface area (Å²) >= 11 is 0. The van der Waals surface area contributed by atoms with Gasteiger partial charge in [0.05, 0.1) is 24.5 Å². The van der Waals surface area contributed by atoms with Gasteiger partial charge in [0.2, 0.25) is 0 Å². The number of carbonyl (C=O) groups is 1. The van der Waals surface area contributed by atoms with E-state index in [1.165, 1.54) is 12.1 Å². The van der Waals surface area contributed by atoms with Crippen LogP contribution in [0.2, 0.25) is 0 Å². The van der Waals surface area contributed by atoms with Crippen LogP contribution in [0.5, 0.6) is 0 Å². The zero-order valence-electron chi connectivity index (χ0n) is 13.5. The number of likely N-dealkylation sites (tertiary alicyclic amines) is 1. The van der Waals surface area contributed by atoms with Gasteiger partial charge in [-0.3, -0.25) is 4.90 Å². The van der Waals surface area contributed by atoms with E-state index >= 15 is 0 Å². The van der Waals surface area contributed by atoms with Gasteiger partial charge in [0.15, 0.2) is 0 Å². The van der Waals surface area contributed by atoms with Gasteiger partial charge in [0.25, 0.3) is 0 Å². The van der Waals surface area contributed by atoms with E-state index < -0.39 is 5.82 Å². The van der Waals surface area contributed by atoms with Gasteiger partial charge < -0.3 is 15.0 Å². The number of carbonyl (C=O) groups excluding carboxylic acids is 1. The highest BCUT2D eigenvalue weighted by Crippen LogP contribution is 2.21. The molecule has 0 spiro atoms. The van der Waals surface area contributed by atoms with E-state index in [0.29, 0.717) is 24.7 Å². The average molecular weight is 332 g/mol. The van der Waals surface area contributed by atoms with Crippen molar-refractivity contribution in [2.45, 2.75) is 6.42 Å². The molecule has 0 bridgehead atoms. The number of benzene rings is 1. The number of ether oxygens (including phenoxy) is 1. The number of hydrogen-bond donors (Lipinski definition) is 1. The average Bonchev–Trinajstić information content (AvgIpc) is 3.06. The Labute approximate surface area is 140 Å². The number of nitrogens with zero attached hydrogens (tertiary/aromatic N) is 3. The molecule has 1 N–H and O–H groups in total. The molecule has 2 aliphatic heterocycles. The smallest absolute Gasteiger partial charge is 0.321 e. The van der Waals surface area contributed by atoms with Crippen LogP contribution < -0.4 is 5.32 Å². The molecule has 1 aromatic carbocycles. The molecule has 2 amide bonds. The molecule has 24 heavy (non-hydrogen) atoms. The molecule has 0 saturated carbocycles. The summed E-state index contributed by atoms with van der Waals surface area (Å²) in [4.78, 5) is 16.5. The number of urea groups is 1. The van der Waals surface area contributed by atoms with Crippen molar-refractivity contribution in [3.8, 4) is 6.07 Å². The van der Waals surface area contributed by atoms with E-state index in [1.807, 2.05) is 6.07 Å². The first-order valence-electron chi connectivity index (χ1n) is 8.21. The van der Waals surface area contributed by atoms with Gasteiger partial charge in [0, 0.05) is 32.7 Å². The third kappa shape index (κ3) is 4.02. The summed E-state index contributed by atoms with van der Waals surface area (Å²) in [5, 5.41) is 11.8. The van der Waals surface area contributed by atoms with Crippen LogP contribution in [0.3, 0.4) is 0 Å². The molecular weight excluding hydrogens is 311 g/mol. The van der Waals surface area contributed by atoms with Crippen molar-refractivity contribution in [3.63, 3.8) is 0 Å². The van der Waals surface area contributed by atoms with E-state index in [4.69, 9.17) is 10.00 Å². The molecule has 2 heterocycles. The molecule has 3 rings (SSSR count). The largest absolute Gasteiger partial charge is 0.379 e. The first kappa shape index (κ1) is 16.7. The summed E-state index contributed by atoms with van der Waals surface area (Å²) < 4.78 is 18.5. The van der Waals surface area contributed by atoms with Crippen LogP contribution in [0.25, 0.3) is 0 Å². The maximum absolute atomic E-state index is 13.2. The van der Waals surface area contributed by atoms with E-state index in [9.17, 15) is 9.18 Å². The van der Waals surface area contributed by atoms with Crippen molar-refractivity contribution in [1.82, 2.24) is 9.80 Å². The molecule has 0 aliphatic carbocycles. The molecule has 0 unspecified atom stereocenters. The fourth-order valence-electron chi connectivity index (χ4n) is 3.23. The molecular formula is C17H21FN4O2. The number of rotatable bonds is 3. The zero-order valence-corrected chi connectivity index (χ0v) is 13.5. The minimum absolute atomic E-state index is 0.132. The van der Waals surface area contributed by atoms with Crippen LogP contribution in [0.1, 0.15) is 12.0 Å². The Hall–Kier alpha value is -2.17. The van der Waals surface area contributed by atoms with Gasteiger partial charge in [-0.2, -0.15) is 5.26 Å². The highest BCUT2D eigenvalue weighted by molar-refractivity contribution is 5.91. The highest BCUT2D eigenvalue weighted by Gasteiger charge is 2.28. The summed E-state index contributed by atoms with van der Waals surface area (Å²) in [5.41, 5.74) is 0.480. The predicted octanol–water partition coefficient (Wildman–Crippen LogP) is 1.88. The molecule has 1 atom stereocenters. The molecule has 2 saturated heterocycles. The van der Waals surface area contributed by atoms with Crippen LogP contribution in [-0.2, 0) is 4.74 Å². The fraction of sp³-hybridized carbons (Fsp3) is 0.529. The third-order valence-electron chi connectivity index (χ3n) is 4.54. The van der Waals surface area contributed by atoms with E-state index in [-0.39, 0.29) is 11.6 Å². The Morgan fingerprint density at radius 3 is 2.92 bits per heavy atom. The summed E-state index contributed by atoms with van der Waals surface area (Å²) in [7, 11) is 0. The quantitative estimate of drug-likeness (QED) is 0.918. The predicted molar refractivity (Wildman–Crippen MR) is 87.1 cm³/mol. The molecule has 2 aliphatic rings. The topological polar surface area (TPSA) is 68.6 Å². The lowest BCUT2D eigenvalue weighted by Crippen LogP contribution is -2.40. The second-order valence-electron chi connectivity index (χ2n) is 6.25. The van der Waals surface area contributed by atoms with Gasteiger partial charge in [-0.15, -0.1) is 0 Å². The second kappa shape index (κ2) is 7.60. The first-order chi connectivity index (χ1) is 11.7. The van der Waals surface area contributed by atoms with Crippen molar-refractivity contribution in [3.05, 3.63) is 29.6 Å². The van der Waals surface area contributed by atoms with Crippen molar-refractivity contribution in [1.29, 1.82) is 5.26 Å². The lowest BCUT2D eigenvalue weighted by molar-refractivity contribution is 0.0314. The lowest BCUT2D eigenvalue weighted by atomic mass is 10.1. The minimum Gasteiger partial charge on any atom is -0.379 e. The fourth-order valence-corrected chi connectivity index (χ4v) is 3.23. The Bertz CT molecular complexity index is 640. The number of hydrogen-bond acceptors (Lipinski definition) is 4. The van der Waals surface area contributed by atoms with Crippen molar-refractivity contribution in [2.75, 3.05) is 51.3 Å². The van der Waals surface area contributed by atoms with Crippen molar-refractivity contribution in [2.24, 2.45) is 5.92 Å². The van der Waals surface area contributed by atoms with Gasteiger partial charge in [-0.1, -0.05) is 0 Å². The molecule has 128 valence electrons. The maximum Gasteiger partial charge on any atom is 0.321 e. The van der Waals surface area contributed by atoms with Gasteiger partial charge in [-0.05, 0) is 30.5 Å². The van der Waals surface area contributed by atoms with Crippen LogP contribution in [0, 0.1) is 23.1 Å². The third-order valence-corrected chi connectivity index (χ3v) is 4.54. The van der Waals surface area contributed by atoms with Gasteiger partial charge in [-0.25, -0.2) is 9.18 Å². The Kier molecular flexibility index (Phi) is 5.28. The Balaban J connectivity index is 1.54. The molecule has 0 radical (unpaired) electrons. The highest BCUT2D eigenvalue weighted by atomic mass is 19.1. The lowest BCUT2D eigenvalue weighted by Gasteiger charge is -2.29. The summed E-state index contributed by atoms with van der Waals surface area (Å²) in [6.07, 6.45) is 0.972. The summed E-state index contributed by atoms with van der Waals surface area (Å²) in [6, 6.07) is 5.46. The first-order valence-corrected chi connectivity index (χ1v) is 8.21. The Morgan fingerprint density at radius 1 is 1.38 bits per heavy atom. The molecule has 2 fully saturated rings. The van der Waals surface area contributed by atoms with Crippen LogP contribution in [0.15, 0.2) is 18.2 Å². The maximum atomic E-state index is 13.2. The number of nitrogens with one attached hydrogen (secondary N) is 1. The molecule has 0 aromatic heterocycles. The number of nitriles is 1. The van der Waals surface area contributed by atoms with E-state index in [0.717, 1.165) is 45.3 Å². The zero-order chi connectivity index (χ0) is 16.9. The van der Waals surface area contributed by atoms with E-state index in [1.54, 1.807) is 4.90 Å². The normalized spacial score (nSPS) is 21.5. The summed E-state index contributed by atoms with van der Waals surface area (Å²) in [6.45, 7) is 5.83. The number of halogens is 1. The van der Waals surface area contributed by atoms with Gasteiger partial charge in [0.1, 0.15) is 11.9 Å². The molecule has 6 nitrogen and oxygen atoms in total. The number of morpholine rings is 1. The summed E-state index contributed by atoms with van der Waals surface area (Å²) in [5.74, 6) is -0.0335. The second-order valence-corrected chi connectivity index (χ2v) is 6.25. The Morgan fingerprint density at radius 2 is 2.17 bits per heavy atom. The molecule has 1 aromatic rings. The number of amides is 2. The van der Waals surface area contributed by atoms with Crippen molar-refractivity contribution >= 4 is 11.7 Å². The standard InChI is InChI=1S/C17H21FN4O2/c18-15-1-2-16(14(9-15)10-19)20-17(23)22-4-3-13(12-22)11-21-5-7-24-8-6-21/h1-2,9,13H,3-8,11-12H2,(H,20,23)/t13-/m0/s1. The van der Waals surface area contributed by atoms with E-state index in [2.05, 4.69) is 10.2 Å². The monoisotopic (exact) mass is 332 g/mol. The molecule has 7 heteroatoms. The van der Waals surface area contributed by atoms with Crippen LogP contribution in [0.4, 0.5) is 14.9 Å². The van der Waals surface area contributed by atoms with Crippen LogP contribution >= 0.6 is 0 Å². The van der Waals surface area contributed by atoms with Crippen LogP contribution in [-0.4, -0.2) is 61.8 Å². The van der Waals surface area contributed by atoms with Gasteiger partial charge >= 0.3 is 6.03 Å².